The van der Waals surface area contributed by atoms with E-state index in [9.17, 15) is 4.79 Å². The smallest absolute Gasteiger partial charge is 0.307 e. The molecule has 1 N–H and O–H groups in total. The van der Waals surface area contributed by atoms with E-state index < -0.39 is 5.97 Å². The highest BCUT2D eigenvalue weighted by Gasteiger charge is 2.04. The Morgan fingerprint density at radius 2 is 1.68 bits per heavy atom. The molecule has 0 spiro atoms. The molecule has 0 aliphatic heterocycles. The van der Waals surface area contributed by atoms with Crippen LogP contribution in [0.25, 0.3) is 5.57 Å². The zero-order valence-electron chi connectivity index (χ0n) is 12.7. The van der Waals surface area contributed by atoms with E-state index in [4.69, 9.17) is 9.84 Å². The Balaban J connectivity index is 2.12. The summed E-state index contributed by atoms with van der Waals surface area (Å²) in [5, 5.41) is 8.82. The maximum absolute atomic E-state index is 10.7. The van der Waals surface area contributed by atoms with E-state index in [1.165, 1.54) is 0 Å². The van der Waals surface area contributed by atoms with Crippen LogP contribution in [0.5, 0.6) is 11.5 Å². The van der Waals surface area contributed by atoms with Crippen LogP contribution in [0.1, 0.15) is 31.7 Å². The van der Waals surface area contributed by atoms with Gasteiger partial charge in [0.2, 0.25) is 0 Å². The summed E-state index contributed by atoms with van der Waals surface area (Å²) in [5.74, 6) is 0.757. The highest BCUT2D eigenvalue weighted by atomic mass is 16.5. The fraction of sp³-hybridized carbons (Fsp3) is 0.211. The SMILES string of the molecule is CCC/C(=C\CC(=O)O)c1ccc(Oc2ccccc2)cc1. The fourth-order valence-corrected chi connectivity index (χ4v) is 2.21. The van der Waals surface area contributed by atoms with Crippen LogP contribution in [-0.2, 0) is 4.79 Å². The number of ether oxygens (including phenoxy) is 1. The molecule has 0 aliphatic rings. The molecule has 2 aromatic rings. The van der Waals surface area contributed by atoms with Crippen LogP contribution >= 0.6 is 0 Å². The van der Waals surface area contributed by atoms with Crippen LogP contribution in [0, 0.1) is 0 Å². The summed E-state index contributed by atoms with van der Waals surface area (Å²) in [7, 11) is 0. The molecule has 0 aromatic heterocycles. The summed E-state index contributed by atoms with van der Waals surface area (Å²) in [6, 6.07) is 17.4. The minimum Gasteiger partial charge on any atom is -0.481 e. The Morgan fingerprint density at radius 3 is 2.27 bits per heavy atom. The van der Waals surface area contributed by atoms with Gasteiger partial charge >= 0.3 is 5.97 Å². The molecule has 0 heterocycles. The van der Waals surface area contributed by atoms with Gasteiger partial charge in [-0.1, -0.05) is 49.8 Å². The molecule has 0 atom stereocenters. The van der Waals surface area contributed by atoms with Crippen molar-refractivity contribution in [1.29, 1.82) is 0 Å². The summed E-state index contributed by atoms with van der Waals surface area (Å²) in [4.78, 5) is 10.7. The molecular formula is C19H20O3. The number of rotatable bonds is 7. The van der Waals surface area contributed by atoms with Gasteiger partial charge in [-0.2, -0.15) is 0 Å². The van der Waals surface area contributed by atoms with Crippen LogP contribution < -0.4 is 4.74 Å². The van der Waals surface area contributed by atoms with Gasteiger partial charge in [0.05, 0.1) is 6.42 Å². The van der Waals surface area contributed by atoms with E-state index >= 15 is 0 Å². The first kappa shape index (κ1) is 15.8. The van der Waals surface area contributed by atoms with Crippen LogP contribution in [0.2, 0.25) is 0 Å². The maximum Gasteiger partial charge on any atom is 0.307 e. The molecule has 0 saturated carbocycles. The van der Waals surface area contributed by atoms with E-state index in [1.54, 1.807) is 6.08 Å². The Hall–Kier alpha value is -2.55. The van der Waals surface area contributed by atoms with Gasteiger partial charge in [-0.15, -0.1) is 0 Å². The summed E-state index contributed by atoms with van der Waals surface area (Å²) in [6.45, 7) is 2.08. The number of carbonyl (C=O) groups is 1. The Labute approximate surface area is 130 Å². The number of benzene rings is 2. The second kappa shape index (κ2) is 8.03. The van der Waals surface area contributed by atoms with Crippen molar-refractivity contribution in [3.05, 3.63) is 66.2 Å². The van der Waals surface area contributed by atoms with Crippen LogP contribution in [0.4, 0.5) is 0 Å². The molecule has 0 aliphatic carbocycles. The van der Waals surface area contributed by atoms with Crippen molar-refractivity contribution in [3.63, 3.8) is 0 Å². The number of hydrogen-bond donors (Lipinski definition) is 1. The summed E-state index contributed by atoms with van der Waals surface area (Å²) >= 11 is 0. The minimum absolute atomic E-state index is 0.0532. The monoisotopic (exact) mass is 296 g/mol. The van der Waals surface area contributed by atoms with Crippen molar-refractivity contribution in [2.45, 2.75) is 26.2 Å². The molecule has 0 unspecified atom stereocenters. The first-order valence-corrected chi connectivity index (χ1v) is 7.43. The van der Waals surface area contributed by atoms with E-state index in [-0.39, 0.29) is 6.42 Å². The lowest BCUT2D eigenvalue weighted by atomic mass is 10.00. The number of aliphatic carboxylic acids is 1. The van der Waals surface area contributed by atoms with Crippen LogP contribution in [0.15, 0.2) is 60.7 Å². The highest BCUT2D eigenvalue weighted by molar-refractivity contribution is 5.74. The summed E-state index contributed by atoms with van der Waals surface area (Å²) < 4.78 is 5.76. The first-order valence-electron chi connectivity index (χ1n) is 7.43. The van der Waals surface area contributed by atoms with Crippen molar-refractivity contribution in [1.82, 2.24) is 0 Å². The Bertz CT molecular complexity index is 627. The quantitative estimate of drug-likeness (QED) is 0.769. The molecule has 0 saturated heterocycles. The molecule has 3 heteroatoms. The molecule has 0 radical (unpaired) electrons. The molecule has 2 aromatic carbocycles. The van der Waals surface area contributed by atoms with Crippen molar-refractivity contribution in [2.75, 3.05) is 0 Å². The molecule has 114 valence electrons. The van der Waals surface area contributed by atoms with Gasteiger partial charge in [-0.25, -0.2) is 0 Å². The first-order chi connectivity index (χ1) is 10.7. The predicted octanol–water partition coefficient (Wildman–Crippen LogP) is 5.14. The largest absolute Gasteiger partial charge is 0.481 e. The Morgan fingerprint density at radius 1 is 1.05 bits per heavy atom. The average molecular weight is 296 g/mol. The minimum atomic E-state index is -0.808. The van der Waals surface area contributed by atoms with Crippen LogP contribution in [-0.4, -0.2) is 11.1 Å². The lowest BCUT2D eigenvalue weighted by molar-refractivity contribution is -0.135. The number of carboxylic acids is 1. The van der Waals surface area contributed by atoms with E-state index in [0.29, 0.717) is 0 Å². The predicted molar refractivity (Wildman–Crippen MR) is 88.1 cm³/mol. The Kier molecular flexibility index (Phi) is 5.78. The summed E-state index contributed by atoms with van der Waals surface area (Å²) in [5.41, 5.74) is 2.11. The van der Waals surface area contributed by atoms with Gasteiger partial charge in [0.1, 0.15) is 11.5 Å². The number of carboxylic acid groups (broad SMARTS) is 1. The fourth-order valence-electron chi connectivity index (χ4n) is 2.21. The normalized spacial score (nSPS) is 11.2. The van der Waals surface area contributed by atoms with Crippen molar-refractivity contribution in [2.24, 2.45) is 0 Å². The van der Waals surface area contributed by atoms with E-state index in [2.05, 4.69) is 6.92 Å². The van der Waals surface area contributed by atoms with E-state index in [1.807, 2.05) is 54.6 Å². The molecule has 22 heavy (non-hydrogen) atoms. The molecule has 0 amide bonds. The average Bonchev–Trinajstić information content (AvgIpc) is 2.53. The lowest BCUT2D eigenvalue weighted by Gasteiger charge is -2.09. The standard InChI is InChI=1S/C19H20O3/c1-2-6-15(11-14-19(20)21)16-9-12-18(13-10-16)22-17-7-4-3-5-8-17/h3-5,7-13H,2,6,14H2,1H3,(H,20,21)/b15-11+. The molecule has 0 bridgehead atoms. The van der Waals surface area contributed by atoms with Crippen molar-refractivity contribution < 1.29 is 14.6 Å². The van der Waals surface area contributed by atoms with Gasteiger partial charge in [0, 0.05) is 0 Å². The van der Waals surface area contributed by atoms with Crippen molar-refractivity contribution >= 4 is 11.5 Å². The molecule has 3 nitrogen and oxygen atoms in total. The number of hydrogen-bond acceptors (Lipinski definition) is 2. The third-order valence-electron chi connectivity index (χ3n) is 3.25. The zero-order valence-corrected chi connectivity index (χ0v) is 12.7. The third-order valence-corrected chi connectivity index (χ3v) is 3.25. The molecular weight excluding hydrogens is 276 g/mol. The second-order valence-electron chi connectivity index (χ2n) is 5.02. The topological polar surface area (TPSA) is 46.5 Å². The van der Waals surface area contributed by atoms with Gasteiger partial charge in [0.25, 0.3) is 0 Å². The second-order valence-corrected chi connectivity index (χ2v) is 5.02. The van der Waals surface area contributed by atoms with Crippen molar-refractivity contribution in [3.8, 4) is 11.5 Å². The van der Waals surface area contributed by atoms with Gasteiger partial charge in [-0.3, -0.25) is 4.79 Å². The van der Waals surface area contributed by atoms with Gasteiger partial charge in [0.15, 0.2) is 0 Å². The molecule has 2 rings (SSSR count). The lowest BCUT2D eigenvalue weighted by Crippen LogP contribution is -1.93. The van der Waals surface area contributed by atoms with Crippen LogP contribution in [0.3, 0.4) is 0 Å². The highest BCUT2D eigenvalue weighted by Crippen LogP contribution is 2.26. The van der Waals surface area contributed by atoms with E-state index in [0.717, 1.165) is 35.5 Å². The number of para-hydroxylation sites is 1. The zero-order chi connectivity index (χ0) is 15.8. The third kappa shape index (κ3) is 4.77. The number of allylic oxidation sites excluding steroid dienone is 1. The maximum atomic E-state index is 10.7. The molecule has 0 fully saturated rings. The summed E-state index contributed by atoms with van der Waals surface area (Å²) in [6.07, 6.45) is 3.69. The van der Waals surface area contributed by atoms with Gasteiger partial charge in [-0.05, 0) is 41.8 Å². The van der Waals surface area contributed by atoms with Gasteiger partial charge < -0.3 is 9.84 Å².